The second-order valence-electron chi connectivity index (χ2n) is 4.16. The molecule has 1 fully saturated rings. The summed E-state index contributed by atoms with van der Waals surface area (Å²) in [5.41, 5.74) is 0. The largest absolute Gasteiger partial charge is 0.299 e. The molecule has 1 heterocycles. The van der Waals surface area contributed by atoms with E-state index in [-0.39, 0.29) is 10.8 Å². The van der Waals surface area contributed by atoms with Crippen LogP contribution in [0.1, 0.15) is 13.8 Å². The summed E-state index contributed by atoms with van der Waals surface area (Å²) in [7, 11) is 0. The van der Waals surface area contributed by atoms with E-state index in [0.717, 1.165) is 39.3 Å². The number of alkyl halides is 2. The van der Waals surface area contributed by atoms with Crippen molar-refractivity contribution in [3.05, 3.63) is 0 Å². The molecular formula is C10H20Cl2N2. The van der Waals surface area contributed by atoms with E-state index >= 15 is 0 Å². The first kappa shape index (κ1) is 12.6. The Kier molecular flexibility index (Phi) is 5.53. The van der Waals surface area contributed by atoms with E-state index in [1.54, 1.807) is 0 Å². The number of hydrogen-bond donors (Lipinski definition) is 0. The van der Waals surface area contributed by atoms with Gasteiger partial charge in [0.15, 0.2) is 0 Å². The highest BCUT2D eigenvalue weighted by Gasteiger charge is 2.18. The monoisotopic (exact) mass is 238 g/mol. The van der Waals surface area contributed by atoms with Crippen molar-refractivity contribution >= 4 is 23.2 Å². The van der Waals surface area contributed by atoms with Crippen LogP contribution in [-0.4, -0.2) is 59.8 Å². The third kappa shape index (κ3) is 4.83. The lowest BCUT2D eigenvalue weighted by molar-refractivity contribution is 0.134. The van der Waals surface area contributed by atoms with Crippen LogP contribution in [0.5, 0.6) is 0 Å². The van der Waals surface area contributed by atoms with Gasteiger partial charge in [-0.15, -0.1) is 23.2 Å². The molecular weight excluding hydrogens is 219 g/mol. The number of rotatable bonds is 4. The molecule has 14 heavy (non-hydrogen) atoms. The zero-order valence-electron chi connectivity index (χ0n) is 9.05. The molecule has 0 amide bonds. The van der Waals surface area contributed by atoms with Gasteiger partial charge in [0, 0.05) is 50.0 Å². The van der Waals surface area contributed by atoms with Gasteiger partial charge < -0.3 is 0 Å². The average Bonchev–Trinajstić information content (AvgIpc) is 2.06. The lowest BCUT2D eigenvalue weighted by atomic mass is 10.3. The Morgan fingerprint density at radius 3 is 1.36 bits per heavy atom. The van der Waals surface area contributed by atoms with Gasteiger partial charge in [0.1, 0.15) is 0 Å². The van der Waals surface area contributed by atoms with Gasteiger partial charge in [-0.1, -0.05) is 0 Å². The van der Waals surface area contributed by atoms with Crippen molar-refractivity contribution in [2.24, 2.45) is 0 Å². The molecule has 0 radical (unpaired) electrons. The van der Waals surface area contributed by atoms with E-state index in [1.165, 1.54) is 0 Å². The molecule has 1 saturated heterocycles. The average molecular weight is 239 g/mol. The molecule has 2 nitrogen and oxygen atoms in total. The van der Waals surface area contributed by atoms with Gasteiger partial charge in [-0.05, 0) is 13.8 Å². The van der Waals surface area contributed by atoms with Gasteiger partial charge in [0.2, 0.25) is 0 Å². The molecule has 4 heteroatoms. The number of nitrogens with zero attached hydrogens (tertiary/aromatic N) is 2. The summed E-state index contributed by atoms with van der Waals surface area (Å²) in [5, 5.41) is 0.516. The number of hydrogen-bond acceptors (Lipinski definition) is 2. The van der Waals surface area contributed by atoms with E-state index in [9.17, 15) is 0 Å². The van der Waals surface area contributed by atoms with E-state index in [1.807, 2.05) is 0 Å². The predicted octanol–water partition coefficient (Wildman–Crippen LogP) is 1.86. The van der Waals surface area contributed by atoms with Gasteiger partial charge >= 0.3 is 0 Å². The van der Waals surface area contributed by atoms with Crippen LogP contribution in [-0.2, 0) is 0 Å². The minimum absolute atomic E-state index is 0.258. The molecule has 1 rings (SSSR count). The molecule has 1 aliphatic heterocycles. The lowest BCUT2D eigenvalue weighted by Crippen LogP contribution is -2.48. The summed E-state index contributed by atoms with van der Waals surface area (Å²) in [6, 6.07) is 0. The first-order valence-electron chi connectivity index (χ1n) is 5.30. The number of halogens is 2. The fourth-order valence-corrected chi connectivity index (χ4v) is 2.26. The Morgan fingerprint density at radius 1 is 0.857 bits per heavy atom. The molecule has 0 unspecified atom stereocenters. The fourth-order valence-electron chi connectivity index (χ4n) is 1.87. The molecule has 0 N–H and O–H groups in total. The fraction of sp³-hybridized carbons (Fsp3) is 1.00. The zero-order valence-corrected chi connectivity index (χ0v) is 10.6. The van der Waals surface area contributed by atoms with Crippen LogP contribution in [0, 0.1) is 0 Å². The second kappa shape index (κ2) is 6.16. The SMILES string of the molecule is C[C@H](Cl)CN1CCN(C[C@H](C)Cl)CC1. The van der Waals surface area contributed by atoms with Crippen molar-refractivity contribution in [3.63, 3.8) is 0 Å². The van der Waals surface area contributed by atoms with E-state index in [2.05, 4.69) is 23.6 Å². The molecule has 0 saturated carbocycles. The lowest BCUT2D eigenvalue weighted by Gasteiger charge is -2.35. The normalized spacial score (nSPS) is 24.9. The summed E-state index contributed by atoms with van der Waals surface area (Å²) < 4.78 is 0. The summed E-state index contributed by atoms with van der Waals surface area (Å²) in [5.74, 6) is 0. The smallest absolute Gasteiger partial charge is 0.0435 e. The van der Waals surface area contributed by atoms with Gasteiger partial charge in [-0.2, -0.15) is 0 Å². The van der Waals surface area contributed by atoms with Gasteiger partial charge in [-0.25, -0.2) is 0 Å². The van der Waals surface area contributed by atoms with Crippen LogP contribution in [0.2, 0.25) is 0 Å². The minimum Gasteiger partial charge on any atom is -0.299 e. The number of piperazine rings is 1. The van der Waals surface area contributed by atoms with Crippen LogP contribution in [0.3, 0.4) is 0 Å². The van der Waals surface area contributed by atoms with E-state index in [4.69, 9.17) is 23.2 Å². The topological polar surface area (TPSA) is 6.48 Å². The minimum atomic E-state index is 0.258. The standard InChI is InChI=1S/C10H20Cl2N2/c1-9(11)7-13-3-5-14(6-4-13)8-10(2)12/h9-10H,3-8H2,1-2H3/t9-,10-/m0/s1. The van der Waals surface area contributed by atoms with Crippen LogP contribution in [0.25, 0.3) is 0 Å². The zero-order chi connectivity index (χ0) is 10.6. The second-order valence-corrected chi connectivity index (χ2v) is 5.65. The first-order chi connectivity index (χ1) is 6.58. The molecule has 0 aromatic heterocycles. The van der Waals surface area contributed by atoms with Crippen molar-refractivity contribution in [1.29, 1.82) is 0 Å². The van der Waals surface area contributed by atoms with Crippen molar-refractivity contribution < 1.29 is 0 Å². The van der Waals surface area contributed by atoms with E-state index < -0.39 is 0 Å². The van der Waals surface area contributed by atoms with Crippen molar-refractivity contribution in [2.75, 3.05) is 39.3 Å². The molecule has 0 aromatic rings. The van der Waals surface area contributed by atoms with Crippen molar-refractivity contribution in [1.82, 2.24) is 9.80 Å². The molecule has 84 valence electrons. The van der Waals surface area contributed by atoms with E-state index in [0.29, 0.717) is 0 Å². The maximum atomic E-state index is 5.96. The van der Waals surface area contributed by atoms with Crippen LogP contribution < -0.4 is 0 Å². The maximum Gasteiger partial charge on any atom is 0.0435 e. The van der Waals surface area contributed by atoms with Crippen LogP contribution in [0.15, 0.2) is 0 Å². The Bertz CT molecular complexity index is 136. The molecule has 0 bridgehead atoms. The van der Waals surface area contributed by atoms with Gasteiger partial charge in [0.25, 0.3) is 0 Å². The van der Waals surface area contributed by atoms with Gasteiger partial charge in [0.05, 0.1) is 0 Å². The molecule has 1 aliphatic rings. The van der Waals surface area contributed by atoms with Crippen LogP contribution >= 0.6 is 23.2 Å². The summed E-state index contributed by atoms with van der Waals surface area (Å²) >= 11 is 11.9. The summed E-state index contributed by atoms with van der Waals surface area (Å²) in [6.45, 7) is 10.6. The molecule has 0 aromatic carbocycles. The Morgan fingerprint density at radius 2 is 1.14 bits per heavy atom. The summed E-state index contributed by atoms with van der Waals surface area (Å²) in [6.07, 6.45) is 0. The Labute approximate surface area is 97.1 Å². The van der Waals surface area contributed by atoms with Crippen molar-refractivity contribution in [2.45, 2.75) is 24.6 Å². The first-order valence-corrected chi connectivity index (χ1v) is 6.18. The Balaban J connectivity index is 2.17. The quantitative estimate of drug-likeness (QED) is 0.691. The molecule has 0 aliphatic carbocycles. The molecule has 0 spiro atoms. The van der Waals surface area contributed by atoms with Gasteiger partial charge in [-0.3, -0.25) is 9.80 Å². The third-order valence-electron chi connectivity index (χ3n) is 2.48. The highest BCUT2D eigenvalue weighted by Crippen LogP contribution is 2.07. The Hall–Kier alpha value is 0.500. The predicted molar refractivity (Wildman–Crippen MR) is 63.5 cm³/mol. The summed E-state index contributed by atoms with van der Waals surface area (Å²) in [4.78, 5) is 4.85. The highest BCUT2D eigenvalue weighted by atomic mass is 35.5. The van der Waals surface area contributed by atoms with Crippen LogP contribution in [0.4, 0.5) is 0 Å². The van der Waals surface area contributed by atoms with Crippen molar-refractivity contribution in [3.8, 4) is 0 Å². The maximum absolute atomic E-state index is 5.96. The highest BCUT2D eigenvalue weighted by molar-refractivity contribution is 6.20. The molecule has 2 atom stereocenters. The third-order valence-corrected chi connectivity index (χ3v) is 2.76.